The van der Waals surface area contributed by atoms with E-state index in [0.29, 0.717) is 0 Å². The summed E-state index contributed by atoms with van der Waals surface area (Å²) >= 11 is 0. The van der Waals surface area contributed by atoms with Crippen LogP contribution in [0.3, 0.4) is 0 Å². The standard InChI is InChI=1S/C20H20N2/c1(7-15-13-21-19-11-5-3-9-17(15)19)2-8-16-14-22-20-12-6-4-10-18(16)20/h3-6,9-14,21-22H,1-2,7-8H2. The molecule has 2 heteroatoms. The average Bonchev–Trinajstić information content (AvgIpc) is 3.16. The smallest absolute Gasteiger partial charge is 0.0456 e. The summed E-state index contributed by atoms with van der Waals surface area (Å²) in [6.07, 6.45) is 9.06. The van der Waals surface area contributed by atoms with E-state index in [1.54, 1.807) is 0 Å². The highest BCUT2D eigenvalue weighted by Crippen LogP contribution is 2.22. The summed E-state index contributed by atoms with van der Waals surface area (Å²) in [5.41, 5.74) is 5.37. The van der Waals surface area contributed by atoms with E-state index in [4.69, 9.17) is 0 Å². The maximum Gasteiger partial charge on any atom is 0.0456 e. The number of benzene rings is 2. The Bertz CT molecular complexity index is 822. The largest absolute Gasteiger partial charge is 0.361 e. The Kier molecular flexibility index (Phi) is 3.43. The summed E-state index contributed by atoms with van der Waals surface area (Å²) in [6, 6.07) is 17.1. The zero-order valence-corrected chi connectivity index (χ0v) is 12.6. The first kappa shape index (κ1) is 13.2. The van der Waals surface area contributed by atoms with E-state index in [1.807, 2.05) is 0 Å². The van der Waals surface area contributed by atoms with Crippen molar-refractivity contribution in [3.05, 3.63) is 72.1 Å². The molecule has 110 valence electrons. The maximum atomic E-state index is 3.36. The molecule has 2 aromatic heterocycles. The molecule has 2 heterocycles. The quantitative estimate of drug-likeness (QED) is 0.472. The molecule has 0 spiro atoms. The molecule has 22 heavy (non-hydrogen) atoms. The number of nitrogens with one attached hydrogen (secondary N) is 2. The van der Waals surface area contributed by atoms with Gasteiger partial charge in [0.15, 0.2) is 0 Å². The van der Waals surface area contributed by atoms with Gasteiger partial charge in [0.1, 0.15) is 0 Å². The molecule has 4 rings (SSSR count). The molecule has 0 radical (unpaired) electrons. The number of aryl methyl sites for hydroxylation is 2. The molecule has 0 atom stereocenters. The number of hydrogen-bond acceptors (Lipinski definition) is 0. The second-order valence-electron chi connectivity index (χ2n) is 5.93. The number of aromatic amines is 2. The molecule has 0 aliphatic heterocycles. The van der Waals surface area contributed by atoms with Gasteiger partial charge in [-0.25, -0.2) is 0 Å². The number of H-pyrrole nitrogens is 2. The lowest BCUT2D eigenvalue weighted by Crippen LogP contribution is -1.88. The summed E-state index contributed by atoms with van der Waals surface area (Å²) in [4.78, 5) is 6.72. The molecule has 2 N–H and O–H groups in total. The third-order valence-electron chi connectivity index (χ3n) is 4.49. The SMILES string of the molecule is c1ccc2c(CCCCc3c[nH]c4ccccc34)c[nH]c2c1. The molecule has 0 bridgehead atoms. The number of fused-ring (bicyclic) bond motifs is 2. The minimum absolute atomic E-state index is 1.15. The fourth-order valence-electron chi connectivity index (χ4n) is 3.31. The van der Waals surface area contributed by atoms with E-state index in [0.717, 1.165) is 12.8 Å². The summed E-state index contributed by atoms with van der Waals surface area (Å²) in [5.74, 6) is 0. The van der Waals surface area contributed by atoms with Crippen molar-refractivity contribution in [1.82, 2.24) is 9.97 Å². The lowest BCUT2D eigenvalue weighted by molar-refractivity contribution is 0.739. The third-order valence-corrected chi connectivity index (χ3v) is 4.49. The Labute approximate surface area is 130 Å². The van der Waals surface area contributed by atoms with Crippen LogP contribution in [0.1, 0.15) is 24.0 Å². The Morgan fingerprint density at radius 3 is 1.55 bits per heavy atom. The lowest BCUT2D eigenvalue weighted by Gasteiger charge is -2.01. The molecular formula is C20H20N2. The van der Waals surface area contributed by atoms with Gasteiger partial charge < -0.3 is 9.97 Å². The number of rotatable bonds is 5. The number of hydrogen-bond donors (Lipinski definition) is 2. The summed E-state index contributed by atoms with van der Waals surface area (Å²) in [7, 11) is 0. The Morgan fingerprint density at radius 1 is 0.591 bits per heavy atom. The van der Waals surface area contributed by atoms with E-state index < -0.39 is 0 Å². The van der Waals surface area contributed by atoms with Crippen molar-refractivity contribution in [2.45, 2.75) is 25.7 Å². The highest BCUT2D eigenvalue weighted by Gasteiger charge is 2.05. The fourth-order valence-corrected chi connectivity index (χ4v) is 3.31. The molecule has 0 aliphatic carbocycles. The van der Waals surface area contributed by atoms with Gasteiger partial charge in [0, 0.05) is 34.2 Å². The van der Waals surface area contributed by atoms with Crippen LogP contribution in [0.4, 0.5) is 0 Å². The van der Waals surface area contributed by atoms with Crippen LogP contribution in [0.2, 0.25) is 0 Å². The number of unbranched alkanes of at least 4 members (excludes halogenated alkanes) is 1. The Balaban J connectivity index is 1.39. The highest BCUT2D eigenvalue weighted by atomic mass is 14.7. The first-order chi connectivity index (χ1) is 10.9. The molecule has 0 amide bonds. The second kappa shape index (κ2) is 5.72. The molecule has 0 fully saturated rings. The first-order valence-electron chi connectivity index (χ1n) is 8.02. The molecule has 0 saturated carbocycles. The van der Waals surface area contributed by atoms with Crippen LogP contribution < -0.4 is 0 Å². The molecule has 0 aliphatic rings. The van der Waals surface area contributed by atoms with Gasteiger partial charge in [-0.15, -0.1) is 0 Å². The van der Waals surface area contributed by atoms with E-state index in [-0.39, 0.29) is 0 Å². The normalized spacial score (nSPS) is 11.5. The topological polar surface area (TPSA) is 31.6 Å². The molecular weight excluding hydrogens is 268 g/mol. The second-order valence-corrected chi connectivity index (χ2v) is 5.93. The van der Waals surface area contributed by atoms with Gasteiger partial charge in [-0.2, -0.15) is 0 Å². The predicted molar refractivity (Wildman–Crippen MR) is 93.2 cm³/mol. The van der Waals surface area contributed by atoms with E-state index in [9.17, 15) is 0 Å². The Morgan fingerprint density at radius 2 is 1.05 bits per heavy atom. The van der Waals surface area contributed by atoms with Gasteiger partial charge in [-0.1, -0.05) is 36.4 Å². The molecule has 2 aromatic carbocycles. The van der Waals surface area contributed by atoms with Crippen LogP contribution in [0.15, 0.2) is 60.9 Å². The minimum atomic E-state index is 1.15. The summed E-state index contributed by atoms with van der Waals surface area (Å²) in [5, 5.41) is 2.74. The molecule has 0 saturated heterocycles. The van der Waals surface area contributed by atoms with Crippen molar-refractivity contribution < 1.29 is 0 Å². The van der Waals surface area contributed by atoms with Crippen molar-refractivity contribution in [2.75, 3.05) is 0 Å². The average molecular weight is 288 g/mol. The van der Waals surface area contributed by atoms with E-state index in [1.165, 1.54) is 45.8 Å². The zero-order valence-electron chi connectivity index (χ0n) is 12.6. The predicted octanol–water partition coefficient (Wildman–Crippen LogP) is 5.21. The van der Waals surface area contributed by atoms with Gasteiger partial charge in [-0.05, 0) is 48.9 Å². The third kappa shape index (κ3) is 2.41. The molecule has 0 unspecified atom stereocenters. The highest BCUT2D eigenvalue weighted by molar-refractivity contribution is 5.83. The van der Waals surface area contributed by atoms with E-state index in [2.05, 4.69) is 70.9 Å². The fraction of sp³-hybridized carbons (Fsp3) is 0.200. The molecule has 4 aromatic rings. The summed E-state index contributed by atoms with van der Waals surface area (Å²) in [6.45, 7) is 0. The zero-order chi connectivity index (χ0) is 14.8. The van der Waals surface area contributed by atoms with E-state index >= 15 is 0 Å². The van der Waals surface area contributed by atoms with Crippen molar-refractivity contribution in [2.24, 2.45) is 0 Å². The van der Waals surface area contributed by atoms with Crippen molar-refractivity contribution in [3.63, 3.8) is 0 Å². The van der Waals surface area contributed by atoms with Crippen LogP contribution in [0.25, 0.3) is 21.8 Å². The first-order valence-corrected chi connectivity index (χ1v) is 8.02. The molecule has 2 nitrogen and oxygen atoms in total. The van der Waals surface area contributed by atoms with Crippen LogP contribution >= 0.6 is 0 Å². The lowest BCUT2D eigenvalue weighted by atomic mass is 10.0. The number of aromatic nitrogens is 2. The Hall–Kier alpha value is -2.48. The van der Waals surface area contributed by atoms with Crippen molar-refractivity contribution >= 4 is 21.8 Å². The van der Waals surface area contributed by atoms with Crippen LogP contribution in [0, 0.1) is 0 Å². The van der Waals surface area contributed by atoms with Gasteiger partial charge in [0.2, 0.25) is 0 Å². The van der Waals surface area contributed by atoms with Crippen LogP contribution in [0.5, 0.6) is 0 Å². The monoisotopic (exact) mass is 288 g/mol. The number of para-hydroxylation sites is 2. The van der Waals surface area contributed by atoms with Gasteiger partial charge in [0.05, 0.1) is 0 Å². The van der Waals surface area contributed by atoms with Crippen LogP contribution in [-0.4, -0.2) is 9.97 Å². The minimum Gasteiger partial charge on any atom is -0.361 e. The van der Waals surface area contributed by atoms with Crippen LogP contribution in [-0.2, 0) is 12.8 Å². The van der Waals surface area contributed by atoms with Gasteiger partial charge >= 0.3 is 0 Å². The van der Waals surface area contributed by atoms with Gasteiger partial charge in [-0.3, -0.25) is 0 Å². The maximum absolute atomic E-state index is 3.36. The van der Waals surface area contributed by atoms with Gasteiger partial charge in [0.25, 0.3) is 0 Å². The summed E-state index contributed by atoms with van der Waals surface area (Å²) < 4.78 is 0. The van der Waals surface area contributed by atoms with Crippen molar-refractivity contribution in [1.29, 1.82) is 0 Å². The van der Waals surface area contributed by atoms with Crippen molar-refractivity contribution in [3.8, 4) is 0 Å².